The number of fused-ring (bicyclic) bond motifs is 1. The Morgan fingerprint density at radius 1 is 1.35 bits per heavy atom. The molecule has 1 aliphatic carbocycles. The number of nitrogens with one attached hydrogen (secondary N) is 1. The van der Waals surface area contributed by atoms with Crippen molar-refractivity contribution in [1.82, 2.24) is 14.8 Å². The molecule has 138 valence electrons. The summed E-state index contributed by atoms with van der Waals surface area (Å²) in [6, 6.07) is 1.90. The van der Waals surface area contributed by atoms with E-state index in [9.17, 15) is 4.79 Å². The fourth-order valence-corrected chi connectivity index (χ4v) is 3.91. The largest absolute Gasteiger partial charge is 0.373 e. The lowest BCUT2D eigenvalue weighted by molar-refractivity contribution is -0.120. The zero-order valence-corrected chi connectivity index (χ0v) is 15.2. The maximum absolute atomic E-state index is 12.6. The first kappa shape index (κ1) is 17.5. The van der Waals surface area contributed by atoms with Crippen molar-refractivity contribution >= 4 is 23.3 Å². The van der Waals surface area contributed by atoms with Gasteiger partial charge in [0.2, 0.25) is 5.91 Å². The number of nitrogens with zero attached hydrogens (tertiary/aromatic N) is 3. The monoisotopic (exact) mass is 375 g/mol. The van der Waals surface area contributed by atoms with Crippen LogP contribution < -0.4 is 11.1 Å². The van der Waals surface area contributed by atoms with Crippen LogP contribution >= 0.6 is 11.6 Å². The van der Waals surface area contributed by atoms with Crippen molar-refractivity contribution in [1.29, 1.82) is 0 Å². The summed E-state index contributed by atoms with van der Waals surface area (Å²) >= 11 is 6.36. The summed E-state index contributed by atoms with van der Waals surface area (Å²) < 4.78 is 7.47. The molecule has 3 heterocycles. The van der Waals surface area contributed by atoms with E-state index in [2.05, 4.69) is 15.4 Å². The summed E-state index contributed by atoms with van der Waals surface area (Å²) in [5.41, 5.74) is 8.69. The molecule has 0 bridgehead atoms. The number of halogens is 1. The van der Waals surface area contributed by atoms with Gasteiger partial charge < -0.3 is 15.8 Å². The van der Waals surface area contributed by atoms with Crippen molar-refractivity contribution in [2.45, 2.75) is 44.9 Å². The predicted octanol–water partition coefficient (Wildman–Crippen LogP) is 2.58. The molecule has 2 atom stereocenters. The van der Waals surface area contributed by atoms with Gasteiger partial charge in [0.25, 0.3) is 0 Å². The van der Waals surface area contributed by atoms with Crippen LogP contribution in [0.2, 0.25) is 5.02 Å². The van der Waals surface area contributed by atoms with Gasteiger partial charge in [-0.25, -0.2) is 4.98 Å². The van der Waals surface area contributed by atoms with Crippen molar-refractivity contribution in [3.05, 3.63) is 29.2 Å². The number of hydrogen-bond acceptors (Lipinski definition) is 5. The number of carbonyl (C=O) groups is 1. The fraction of sp³-hybridized carbons (Fsp3) is 0.500. The lowest BCUT2D eigenvalue weighted by Gasteiger charge is -2.25. The van der Waals surface area contributed by atoms with Crippen LogP contribution in [0, 0.1) is 5.92 Å². The number of nitrogens with two attached hydrogens (primary N) is 1. The zero-order valence-electron chi connectivity index (χ0n) is 14.4. The second-order valence-electron chi connectivity index (χ2n) is 6.94. The van der Waals surface area contributed by atoms with Gasteiger partial charge in [0.1, 0.15) is 5.82 Å². The second-order valence-corrected chi connectivity index (χ2v) is 7.35. The van der Waals surface area contributed by atoms with Gasteiger partial charge in [-0.3, -0.25) is 9.48 Å². The van der Waals surface area contributed by atoms with Crippen LogP contribution in [0.25, 0.3) is 11.1 Å². The van der Waals surface area contributed by atoms with Gasteiger partial charge >= 0.3 is 0 Å². The van der Waals surface area contributed by atoms with Crippen LogP contribution in [0.3, 0.4) is 0 Å². The Bertz CT molecular complexity index is 822. The van der Waals surface area contributed by atoms with E-state index in [0.717, 1.165) is 49.0 Å². The summed E-state index contributed by atoms with van der Waals surface area (Å²) in [5, 5.41) is 7.84. The summed E-state index contributed by atoms with van der Waals surface area (Å²) in [6.07, 6.45) is 6.92. The lowest BCUT2D eigenvalue weighted by atomic mass is 9.85. The molecule has 2 aromatic heterocycles. The Morgan fingerprint density at radius 3 is 3.08 bits per heavy atom. The Balaban J connectivity index is 1.57. The van der Waals surface area contributed by atoms with Crippen LogP contribution in [-0.4, -0.2) is 33.3 Å². The number of anilines is 1. The normalized spacial score (nSPS) is 22.7. The highest BCUT2D eigenvalue weighted by Crippen LogP contribution is 2.33. The molecule has 2 aliphatic rings. The van der Waals surface area contributed by atoms with Crippen molar-refractivity contribution in [3.63, 3.8) is 0 Å². The van der Waals surface area contributed by atoms with Gasteiger partial charge in [-0.2, -0.15) is 5.10 Å². The van der Waals surface area contributed by atoms with E-state index in [1.807, 2.05) is 4.68 Å². The number of ether oxygens (including phenoxy) is 1. The van der Waals surface area contributed by atoms with E-state index >= 15 is 0 Å². The van der Waals surface area contributed by atoms with Crippen molar-refractivity contribution in [2.75, 3.05) is 11.9 Å². The molecule has 26 heavy (non-hydrogen) atoms. The standard InChI is InChI=1S/C18H22ClN5O2/c19-15-9-21-17(23-18(25)11-2-1-3-12(20)6-11)7-13(15)14-8-22-24-4-5-26-10-16(14)24/h7-9,11-12H,1-6,10,20H2,(H,21,23,25)/t11-,12+/m0/s1. The van der Waals surface area contributed by atoms with E-state index in [1.54, 1.807) is 18.5 Å². The van der Waals surface area contributed by atoms with E-state index in [0.29, 0.717) is 24.1 Å². The minimum absolute atomic E-state index is 0.0266. The first-order valence-corrected chi connectivity index (χ1v) is 9.34. The molecule has 7 nitrogen and oxygen atoms in total. The Kier molecular flexibility index (Phi) is 4.93. The maximum Gasteiger partial charge on any atom is 0.228 e. The average Bonchev–Trinajstić information content (AvgIpc) is 3.07. The highest BCUT2D eigenvalue weighted by Gasteiger charge is 2.26. The second kappa shape index (κ2) is 7.34. The molecular weight excluding hydrogens is 354 g/mol. The van der Waals surface area contributed by atoms with Gasteiger partial charge in [-0.1, -0.05) is 18.0 Å². The van der Waals surface area contributed by atoms with Crippen molar-refractivity contribution in [3.8, 4) is 11.1 Å². The number of aromatic nitrogens is 3. The smallest absolute Gasteiger partial charge is 0.228 e. The number of pyridine rings is 1. The van der Waals surface area contributed by atoms with Gasteiger partial charge in [0.15, 0.2) is 0 Å². The molecule has 0 radical (unpaired) electrons. The van der Waals surface area contributed by atoms with Gasteiger partial charge in [-0.15, -0.1) is 0 Å². The summed E-state index contributed by atoms with van der Waals surface area (Å²) in [4.78, 5) is 16.8. The minimum Gasteiger partial charge on any atom is -0.373 e. The van der Waals surface area contributed by atoms with Crippen LogP contribution in [0.15, 0.2) is 18.5 Å². The Labute approximate surface area is 156 Å². The van der Waals surface area contributed by atoms with Gasteiger partial charge in [0.05, 0.1) is 36.7 Å². The van der Waals surface area contributed by atoms with E-state index < -0.39 is 0 Å². The molecule has 0 spiro atoms. The van der Waals surface area contributed by atoms with Crippen LogP contribution in [0.4, 0.5) is 5.82 Å². The third-order valence-corrected chi connectivity index (χ3v) is 5.42. The number of amides is 1. The van der Waals surface area contributed by atoms with E-state index in [1.165, 1.54) is 0 Å². The SMILES string of the molecule is N[C@@H]1CCC[C@H](C(=O)Nc2cc(-c3cnn4c3COCC4)c(Cl)cn2)C1. The molecule has 0 aromatic carbocycles. The summed E-state index contributed by atoms with van der Waals surface area (Å²) in [6.45, 7) is 1.88. The molecule has 4 rings (SSSR count). The van der Waals surface area contributed by atoms with Crippen LogP contribution in [0.1, 0.15) is 31.4 Å². The fourth-order valence-electron chi connectivity index (χ4n) is 3.71. The molecule has 8 heteroatoms. The first-order chi connectivity index (χ1) is 12.6. The Hall–Kier alpha value is -1.96. The highest BCUT2D eigenvalue weighted by molar-refractivity contribution is 6.33. The molecule has 1 fully saturated rings. The number of carbonyl (C=O) groups excluding carboxylic acids is 1. The minimum atomic E-state index is -0.0583. The Morgan fingerprint density at radius 2 is 2.23 bits per heavy atom. The molecular formula is C18H22ClN5O2. The maximum atomic E-state index is 12.6. The average molecular weight is 376 g/mol. The quantitative estimate of drug-likeness (QED) is 0.859. The molecule has 2 aromatic rings. The third kappa shape index (κ3) is 3.47. The van der Waals surface area contributed by atoms with E-state index in [4.69, 9.17) is 22.1 Å². The van der Waals surface area contributed by atoms with E-state index in [-0.39, 0.29) is 17.9 Å². The highest BCUT2D eigenvalue weighted by atomic mass is 35.5. The number of hydrogen-bond donors (Lipinski definition) is 2. The van der Waals surface area contributed by atoms with Gasteiger partial charge in [0, 0.05) is 29.3 Å². The predicted molar refractivity (Wildman–Crippen MR) is 98.7 cm³/mol. The third-order valence-electron chi connectivity index (χ3n) is 5.12. The molecule has 0 unspecified atom stereocenters. The van der Waals surface area contributed by atoms with Gasteiger partial charge in [-0.05, 0) is 25.3 Å². The first-order valence-electron chi connectivity index (χ1n) is 8.96. The topological polar surface area (TPSA) is 95.1 Å². The lowest BCUT2D eigenvalue weighted by Crippen LogP contribution is -2.34. The molecule has 0 saturated heterocycles. The molecule has 1 saturated carbocycles. The van der Waals surface area contributed by atoms with Crippen molar-refractivity contribution in [2.24, 2.45) is 11.7 Å². The number of rotatable bonds is 3. The molecule has 1 amide bonds. The van der Waals surface area contributed by atoms with Crippen molar-refractivity contribution < 1.29 is 9.53 Å². The summed E-state index contributed by atoms with van der Waals surface area (Å²) in [5.74, 6) is 0.406. The zero-order chi connectivity index (χ0) is 18.1. The molecule has 3 N–H and O–H groups in total. The van der Waals surface area contributed by atoms with Crippen LogP contribution in [-0.2, 0) is 22.7 Å². The van der Waals surface area contributed by atoms with Crippen LogP contribution in [0.5, 0.6) is 0 Å². The molecule has 1 aliphatic heterocycles. The summed E-state index contributed by atoms with van der Waals surface area (Å²) in [7, 11) is 0.